The molecule has 5 rings (SSSR count). The molecule has 1 amide bonds. The molecule has 39 heavy (non-hydrogen) atoms. The number of nitriles is 2. The molecule has 3 heterocycles. The summed E-state index contributed by atoms with van der Waals surface area (Å²) in [6.07, 6.45) is 1.66. The second-order valence-electron chi connectivity index (χ2n) is 10.2. The molecule has 2 saturated heterocycles. The molecule has 8 nitrogen and oxygen atoms in total. The van der Waals surface area contributed by atoms with Crippen molar-refractivity contribution >= 4 is 17.3 Å². The van der Waals surface area contributed by atoms with Crippen LogP contribution < -0.4 is 9.80 Å². The summed E-state index contributed by atoms with van der Waals surface area (Å²) in [4.78, 5) is 26.6. The number of piperazine rings is 2. The van der Waals surface area contributed by atoms with Crippen molar-refractivity contribution in [2.24, 2.45) is 0 Å². The quantitative estimate of drug-likeness (QED) is 0.507. The highest BCUT2D eigenvalue weighted by molar-refractivity contribution is 5.96. The molecule has 1 aromatic heterocycles. The molecule has 198 valence electrons. The molecule has 2 aliphatic heterocycles. The number of aromatic nitrogens is 1. The van der Waals surface area contributed by atoms with Crippen LogP contribution in [0.25, 0.3) is 0 Å². The molecule has 8 heteroatoms. The van der Waals surface area contributed by atoms with Crippen molar-refractivity contribution in [1.82, 2.24) is 14.8 Å². The van der Waals surface area contributed by atoms with E-state index in [9.17, 15) is 15.3 Å². The van der Waals surface area contributed by atoms with Crippen molar-refractivity contribution in [1.29, 1.82) is 10.5 Å². The van der Waals surface area contributed by atoms with Gasteiger partial charge in [-0.1, -0.05) is 18.2 Å². The minimum Gasteiger partial charge on any atom is -0.367 e. The van der Waals surface area contributed by atoms with Crippen LogP contribution >= 0.6 is 0 Å². The lowest BCUT2D eigenvalue weighted by atomic mass is 9.98. The van der Waals surface area contributed by atoms with Gasteiger partial charge in [-0.05, 0) is 60.9 Å². The minimum absolute atomic E-state index is 0.0763. The third kappa shape index (κ3) is 5.57. The first kappa shape index (κ1) is 26.2. The van der Waals surface area contributed by atoms with Crippen LogP contribution in [0.2, 0.25) is 0 Å². The highest BCUT2D eigenvalue weighted by Gasteiger charge is 2.26. The largest absolute Gasteiger partial charge is 0.367 e. The highest BCUT2D eigenvalue weighted by Crippen LogP contribution is 2.25. The number of para-hydroxylation sites is 1. The Morgan fingerprint density at radius 2 is 1.49 bits per heavy atom. The molecular weight excluding hydrogens is 486 g/mol. The average Bonchev–Trinajstić information content (AvgIpc) is 2.98. The van der Waals surface area contributed by atoms with Crippen LogP contribution in [0.5, 0.6) is 0 Å². The van der Waals surface area contributed by atoms with Crippen LogP contribution in [0.3, 0.4) is 0 Å². The van der Waals surface area contributed by atoms with Crippen LogP contribution in [-0.4, -0.2) is 73.0 Å². The summed E-state index contributed by atoms with van der Waals surface area (Å²) in [5.41, 5.74) is 7.13. The Hall–Kier alpha value is -4.40. The van der Waals surface area contributed by atoms with Crippen LogP contribution in [0.15, 0.2) is 54.7 Å². The molecule has 0 unspecified atom stereocenters. The number of hydrogen-bond acceptors (Lipinski definition) is 7. The van der Waals surface area contributed by atoms with Crippen molar-refractivity contribution in [3.05, 3.63) is 88.2 Å². The van der Waals surface area contributed by atoms with Gasteiger partial charge in [0.05, 0.1) is 16.9 Å². The van der Waals surface area contributed by atoms with Crippen molar-refractivity contribution in [3.63, 3.8) is 0 Å². The molecule has 0 atom stereocenters. The molecule has 0 radical (unpaired) electrons. The van der Waals surface area contributed by atoms with Gasteiger partial charge in [-0.15, -0.1) is 0 Å². The summed E-state index contributed by atoms with van der Waals surface area (Å²) in [6.45, 7) is 11.0. The molecule has 0 bridgehead atoms. The van der Waals surface area contributed by atoms with E-state index in [0.29, 0.717) is 37.4 Å². The van der Waals surface area contributed by atoms with Gasteiger partial charge in [-0.2, -0.15) is 10.5 Å². The van der Waals surface area contributed by atoms with Crippen LogP contribution in [-0.2, 0) is 6.54 Å². The Bertz CT molecular complexity index is 1440. The minimum atomic E-state index is 0.0763. The van der Waals surface area contributed by atoms with E-state index >= 15 is 0 Å². The van der Waals surface area contributed by atoms with E-state index in [4.69, 9.17) is 0 Å². The predicted molar refractivity (Wildman–Crippen MR) is 152 cm³/mol. The molecule has 2 fully saturated rings. The van der Waals surface area contributed by atoms with Crippen LogP contribution in [0.1, 0.15) is 38.3 Å². The van der Waals surface area contributed by atoms with Gasteiger partial charge in [0.15, 0.2) is 5.69 Å². The summed E-state index contributed by atoms with van der Waals surface area (Å²) >= 11 is 0. The number of pyridine rings is 1. The van der Waals surface area contributed by atoms with Gasteiger partial charge in [0.1, 0.15) is 12.1 Å². The number of nitrogens with zero attached hydrogens (tertiary/aromatic N) is 7. The average molecular weight is 520 g/mol. The Balaban J connectivity index is 1.23. The lowest BCUT2D eigenvalue weighted by Gasteiger charge is -2.37. The van der Waals surface area contributed by atoms with Crippen molar-refractivity contribution in [2.45, 2.75) is 20.4 Å². The van der Waals surface area contributed by atoms with Gasteiger partial charge >= 0.3 is 0 Å². The lowest BCUT2D eigenvalue weighted by Crippen LogP contribution is -2.49. The van der Waals surface area contributed by atoms with Crippen LogP contribution in [0.4, 0.5) is 11.4 Å². The molecule has 2 aromatic carbocycles. The smallest absolute Gasteiger partial charge is 0.254 e. The fourth-order valence-electron chi connectivity index (χ4n) is 5.59. The van der Waals surface area contributed by atoms with E-state index in [1.54, 1.807) is 6.20 Å². The number of hydrogen-bond donors (Lipinski definition) is 0. The van der Waals surface area contributed by atoms with Crippen molar-refractivity contribution < 1.29 is 4.79 Å². The van der Waals surface area contributed by atoms with Gasteiger partial charge in [-0.3, -0.25) is 9.69 Å². The first-order valence-corrected chi connectivity index (χ1v) is 13.4. The van der Waals surface area contributed by atoms with Gasteiger partial charge < -0.3 is 14.7 Å². The monoisotopic (exact) mass is 519 g/mol. The highest BCUT2D eigenvalue weighted by atomic mass is 16.2. The standard InChI is InChI=1S/C31H33N7O/c1-23-18-24(2)27(31(39)38-16-14-36(15-17-38)29-7-4-3-6-25(29)20-32)19-26(23)22-35-10-12-37(13-11-35)30-8-5-9-34-28(30)21-33/h3-9,18-19H,10-17,22H2,1-2H3. The normalized spacial score (nSPS) is 16.1. The zero-order valence-electron chi connectivity index (χ0n) is 22.6. The van der Waals surface area contributed by atoms with E-state index in [1.165, 1.54) is 11.1 Å². The summed E-state index contributed by atoms with van der Waals surface area (Å²) in [5.74, 6) is 0.0763. The predicted octanol–water partition coefficient (Wildman–Crippen LogP) is 3.73. The number of benzene rings is 2. The fourth-order valence-corrected chi connectivity index (χ4v) is 5.59. The summed E-state index contributed by atoms with van der Waals surface area (Å²) < 4.78 is 0. The number of aryl methyl sites for hydroxylation is 2. The topological polar surface area (TPSA) is 90.5 Å². The number of carbonyl (C=O) groups is 1. The Morgan fingerprint density at radius 1 is 0.821 bits per heavy atom. The third-order valence-corrected chi connectivity index (χ3v) is 7.84. The summed E-state index contributed by atoms with van der Waals surface area (Å²) in [7, 11) is 0. The van der Waals surface area contributed by atoms with E-state index in [0.717, 1.165) is 55.2 Å². The van der Waals surface area contributed by atoms with E-state index in [-0.39, 0.29) is 5.91 Å². The third-order valence-electron chi connectivity index (χ3n) is 7.84. The van der Waals surface area contributed by atoms with Crippen molar-refractivity contribution in [3.8, 4) is 12.1 Å². The number of rotatable bonds is 5. The SMILES string of the molecule is Cc1cc(C)c(C(=O)N2CCN(c3ccccc3C#N)CC2)cc1CN1CCN(c2cccnc2C#N)CC1. The molecule has 0 spiro atoms. The lowest BCUT2D eigenvalue weighted by molar-refractivity contribution is 0.0746. The first-order valence-electron chi connectivity index (χ1n) is 13.4. The Kier molecular flexibility index (Phi) is 7.76. The number of anilines is 2. The number of amides is 1. The zero-order valence-corrected chi connectivity index (χ0v) is 22.6. The van der Waals surface area contributed by atoms with Crippen LogP contribution in [0, 0.1) is 36.5 Å². The van der Waals surface area contributed by atoms with Gasteiger partial charge in [0.25, 0.3) is 5.91 Å². The van der Waals surface area contributed by atoms with E-state index in [1.807, 2.05) is 48.2 Å². The maximum absolute atomic E-state index is 13.6. The molecule has 2 aliphatic rings. The maximum atomic E-state index is 13.6. The molecular formula is C31H33N7O. The van der Waals surface area contributed by atoms with Crippen molar-refractivity contribution in [2.75, 3.05) is 62.2 Å². The number of carbonyl (C=O) groups excluding carboxylic acids is 1. The zero-order chi connectivity index (χ0) is 27.4. The Labute approximate surface area is 230 Å². The Morgan fingerprint density at radius 3 is 2.21 bits per heavy atom. The maximum Gasteiger partial charge on any atom is 0.254 e. The molecule has 0 N–H and O–H groups in total. The molecule has 0 saturated carbocycles. The fraction of sp³-hybridized carbons (Fsp3) is 0.355. The second-order valence-corrected chi connectivity index (χ2v) is 10.2. The van der Waals surface area contributed by atoms with E-state index < -0.39 is 0 Å². The summed E-state index contributed by atoms with van der Waals surface area (Å²) in [5, 5.41) is 18.9. The molecule has 3 aromatic rings. The van der Waals surface area contributed by atoms with Gasteiger partial charge in [0.2, 0.25) is 0 Å². The van der Waals surface area contributed by atoms with E-state index in [2.05, 4.69) is 50.9 Å². The molecule has 0 aliphatic carbocycles. The summed E-state index contributed by atoms with van der Waals surface area (Å²) in [6, 6.07) is 20.2. The second kappa shape index (κ2) is 11.6. The first-order chi connectivity index (χ1) is 19.0. The van der Waals surface area contributed by atoms with Gasteiger partial charge in [-0.25, -0.2) is 4.98 Å². The van der Waals surface area contributed by atoms with Gasteiger partial charge in [0, 0.05) is 70.7 Å².